The SMILES string of the molecule is Cc1nc(CSc2ccccc2C(=O)N2CCN(C(C#N)c3ccccc3)CC2)cs1. The van der Waals surface area contributed by atoms with Crippen molar-refractivity contribution in [1.29, 1.82) is 5.26 Å². The number of aryl methyl sites for hydroxylation is 1. The van der Waals surface area contributed by atoms with Crippen LogP contribution in [0, 0.1) is 18.3 Å². The minimum atomic E-state index is -0.275. The van der Waals surface area contributed by atoms with Crippen LogP contribution in [0.4, 0.5) is 0 Å². The van der Waals surface area contributed by atoms with Gasteiger partial charge in [0, 0.05) is 42.2 Å². The van der Waals surface area contributed by atoms with Crippen LogP contribution in [0.2, 0.25) is 0 Å². The Morgan fingerprint density at radius 3 is 2.52 bits per heavy atom. The second-order valence-corrected chi connectivity index (χ2v) is 9.49. The third-order valence-corrected chi connectivity index (χ3v) is 7.29. The van der Waals surface area contributed by atoms with Gasteiger partial charge in [0.15, 0.2) is 0 Å². The van der Waals surface area contributed by atoms with Crippen molar-refractivity contribution in [3.05, 3.63) is 81.8 Å². The van der Waals surface area contributed by atoms with E-state index in [4.69, 9.17) is 0 Å². The van der Waals surface area contributed by atoms with E-state index in [1.165, 1.54) is 0 Å². The lowest BCUT2D eigenvalue weighted by molar-refractivity contribution is 0.0603. The number of rotatable bonds is 6. The summed E-state index contributed by atoms with van der Waals surface area (Å²) >= 11 is 3.30. The van der Waals surface area contributed by atoms with E-state index in [2.05, 4.69) is 21.3 Å². The van der Waals surface area contributed by atoms with Crippen LogP contribution < -0.4 is 0 Å². The molecule has 1 fully saturated rings. The Bertz CT molecular complexity index is 1070. The lowest BCUT2D eigenvalue weighted by Gasteiger charge is -2.37. The number of carbonyl (C=O) groups excluding carboxylic acids is 1. The zero-order chi connectivity index (χ0) is 21.6. The summed E-state index contributed by atoms with van der Waals surface area (Å²) in [4.78, 5) is 22.8. The van der Waals surface area contributed by atoms with Crippen LogP contribution in [-0.4, -0.2) is 46.9 Å². The highest BCUT2D eigenvalue weighted by molar-refractivity contribution is 7.98. The normalized spacial score (nSPS) is 15.4. The quantitative estimate of drug-likeness (QED) is 0.509. The van der Waals surface area contributed by atoms with Gasteiger partial charge >= 0.3 is 0 Å². The number of carbonyl (C=O) groups is 1. The predicted molar refractivity (Wildman–Crippen MR) is 125 cm³/mol. The van der Waals surface area contributed by atoms with Crippen molar-refractivity contribution in [2.24, 2.45) is 0 Å². The first-order chi connectivity index (χ1) is 15.2. The fourth-order valence-corrected chi connectivity index (χ4v) is 5.41. The summed E-state index contributed by atoms with van der Waals surface area (Å²) in [5.41, 5.74) is 2.79. The number of nitrogens with zero attached hydrogens (tertiary/aromatic N) is 4. The molecule has 31 heavy (non-hydrogen) atoms. The van der Waals surface area contributed by atoms with Crippen LogP contribution in [0.1, 0.15) is 32.7 Å². The molecule has 1 aromatic heterocycles. The van der Waals surface area contributed by atoms with Crippen LogP contribution in [0.15, 0.2) is 64.9 Å². The van der Waals surface area contributed by atoms with Crippen molar-refractivity contribution in [2.45, 2.75) is 23.6 Å². The molecule has 1 unspecified atom stereocenters. The van der Waals surface area contributed by atoms with Gasteiger partial charge in [-0.2, -0.15) is 5.26 Å². The molecule has 0 bridgehead atoms. The largest absolute Gasteiger partial charge is 0.336 e. The fourth-order valence-electron chi connectivity index (χ4n) is 3.75. The summed E-state index contributed by atoms with van der Waals surface area (Å²) in [5, 5.41) is 12.8. The zero-order valence-corrected chi connectivity index (χ0v) is 19.0. The van der Waals surface area contributed by atoms with Gasteiger partial charge < -0.3 is 4.90 Å². The first-order valence-electron chi connectivity index (χ1n) is 10.3. The topological polar surface area (TPSA) is 60.2 Å². The monoisotopic (exact) mass is 448 g/mol. The fraction of sp³-hybridized carbons (Fsp3) is 0.292. The Balaban J connectivity index is 1.40. The van der Waals surface area contributed by atoms with Crippen LogP contribution in [0.25, 0.3) is 0 Å². The first kappa shape index (κ1) is 21.6. The number of hydrogen-bond acceptors (Lipinski definition) is 6. The maximum Gasteiger partial charge on any atom is 0.255 e. The van der Waals surface area contributed by atoms with Crippen molar-refractivity contribution in [3.63, 3.8) is 0 Å². The maximum absolute atomic E-state index is 13.3. The molecular weight excluding hydrogens is 424 g/mol. The molecule has 2 aromatic carbocycles. The molecule has 158 valence electrons. The Hall–Kier alpha value is -2.66. The highest BCUT2D eigenvalue weighted by Gasteiger charge is 2.28. The lowest BCUT2D eigenvalue weighted by atomic mass is 10.1. The smallest absolute Gasteiger partial charge is 0.255 e. The van der Waals surface area contributed by atoms with E-state index in [-0.39, 0.29) is 11.9 Å². The van der Waals surface area contributed by atoms with Crippen LogP contribution in [-0.2, 0) is 5.75 Å². The van der Waals surface area contributed by atoms with Crippen LogP contribution >= 0.6 is 23.1 Å². The third kappa shape index (κ3) is 5.16. The van der Waals surface area contributed by atoms with E-state index in [1.54, 1.807) is 23.1 Å². The van der Waals surface area contributed by atoms with Crippen molar-refractivity contribution in [1.82, 2.24) is 14.8 Å². The van der Waals surface area contributed by atoms with E-state index in [9.17, 15) is 10.1 Å². The van der Waals surface area contributed by atoms with E-state index >= 15 is 0 Å². The number of piperazine rings is 1. The summed E-state index contributed by atoms with van der Waals surface area (Å²) in [5.74, 6) is 0.814. The van der Waals surface area contributed by atoms with Crippen LogP contribution in [0.5, 0.6) is 0 Å². The first-order valence-corrected chi connectivity index (χ1v) is 12.1. The van der Waals surface area contributed by atoms with E-state index in [0.29, 0.717) is 26.2 Å². The average Bonchev–Trinajstić information content (AvgIpc) is 3.24. The Labute approximate surface area is 191 Å². The molecule has 1 aliphatic heterocycles. The molecule has 0 aliphatic carbocycles. The van der Waals surface area contributed by atoms with Gasteiger partial charge in [0.25, 0.3) is 5.91 Å². The molecule has 1 saturated heterocycles. The highest BCUT2D eigenvalue weighted by atomic mass is 32.2. The number of benzene rings is 2. The van der Waals surface area contributed by atoms with E-state index in [1.807, 2.05) is 66.4 Å². The average molecular weight is 449 g/mol. The van der Waals surface area contributed by atoms with Gasteiger partial charge in [-0.25, -0.2) is 4.98 Å². The van der Waals surface area contributed by atoms with Gasteiger partial charge in [0.05, 0.1) is 22.3 Å². The molecule has 1 aliphatic rings. The molecule has 2 heterocycles. The van der Waals surface area contributed by atoms with E-state index in [0.717, 1.165) is 32.5 Å². The molecule has 7 heteroatoms. The van der Waals surface area contributed by atoms with Gasteiger partial charge in [-0.1, -0.05) is 42.5 Å². The molecule has 3 aromatic rings. The van der Waals surface area contributed by atoms with Gasteiger partial charge in [0.1, 0.15) is 6.04 Å². The summed E-state index contributed by atoms with van der Waals surface area (Å²) in [6.45, 7) is 4.62. The van der Waals surface area contributed by atoms with Gasteiger partial charge in [-0.3, -0.25) is 9.69 Å². The molecule has 4 rings (SSSR count). The Kier molecular flexibility index (Phi) is 7.03. The summed E-state index contributed by atoms with van der Waals surface area (Å²) in [6.07, 6.45) is 0. The van der Waals surface area contributed by atoms with E-state index < -0.39 is 0 Å². The molecule has 1 atom stereocenters. The molecular formula is C24H24N4OS2. The van der Waals surface area contributed by atoms with Crippen molar-refractivity contribution in [3.8, 4) is 6.07 Å². The number of thiazole rings is 1. The number of amides is 1. The molecule has 0 spiro atoms. The lowest BCUT2D eigenvalue weighted by Crippen LogP contribution is -2.49. The summed E-state index contributed by atoms with van der Waals surface area (Å²) in [7, 11) is 0. The van der Waals surface area contributed by atoms with Crippen molar-refractivity contribution < 1.29 is 4.79 Å². The number of thioether (sulfide) groups is 1. The molecule has 5 nitrogen and oxygen atoms in total. The number of nitriles is 1. The Morgan fingerprint density at radius 2 is 1.84 bits per heavy atom. The van der Waals surface area contributed by atoms with Gasteiger partial charge in [0.2, 0.25) is 0 Å². The number of hydrogen-bond donors (Lipinski definition) is 0. The number of aromatic nitrogens is 1. The Morgan fingerprint density at radius 1 is 1.13 bits per heavy atom. The maximum atomic E-state index is 13.3. The minimum Gasteiger partial charge on any atom is -0.336 e. The summed E-state index contributed by atoms with van der Waals surface area (Å²) < 4.78 is 0. The standard InChI is InChI=1S/C24H24N4OS2/c1-18-26-20(16-30-18)17-31-23-10-6-5-9-21(23)24(29)28-13-11-27(12-14-28)22(15-25)19-7-3-2-4-8-19/h2-10,16,22H,11-14,17H2,1H3. The van der Waals surface area contributed by atoms with Crippen molar-refractivity contribution in [2.75, 3.05) is 26.2 Å². The second-order valence-electron chi connectivity index (χ2n) is 7.41. The molecule has 0 radical (unpaired) electrons. The van der Waals surface area contributed by atoms with Gasteiger partial charge in [-0.05, 0) is 24.6 Å². The summed E-state index contributed by atoms with van der Waals surface area (Å²) in [6, 6.07) is 19.8. The van der Waals surface area contributed by atoms with Gasteiger partial charge in [-0.15, -0.1) is 23.1 Å². The molecule has 1 amide bonds. The predicted octanol–water partition coefficient (Wildman–Crippen LogP) is 4.77. The highest BCUT2D eigenvalue weighted by Crippen LogP contribution is 2.28. The minimum absolute atomic E-state index is 0.0606. The second kappa shape index (κ2) is 10.1. The zero-order valence-electron chi connectivity index (χ0n) is 17.4. The molecule has 0 N–H and O–H groups in total. The van der Waals surface area contributed by atoms with Crippen molar-refractivity contribution >= 4 is 29.0 Å². The molecule has 0 saturated carbocycles. The van der Waals surface area contributed by atoms with Crippen LogP contribution in [0.3, 0.4) is 0 Å². The third-order valence-electron chi connectivity index (χ3n) is 5.36.